The minimum atomic E-state index is -0.279. The Morgan fingerprint density at radius 1 is 1.13 bits per heavy atom. The lowest BCUT2D eigenvalue weighted by Crippen LogP contribution is -2.27. The van der Waals surface area contributed by atoms with Gasteiger partial charge in [-0.1, -0.05) is 48.0 Å². The first-order valence-electron chi connectivity index (χ1n) is 11.2. The fraction of sp³-hybridized carbons (Fsp3) is 0.625. The molecule has 0 spiro atoms. The van der Waals surface area contributed by atoms with Crippen molar-refractivity contribution in [2.24, 2.45) is 0 Å². The fourth-order valence-corrected chi connectivity index (χ4v) is 4.88. The lowest BCUT2D eigenvalue weighted by Gasteiger charge is -2.20. The normalized spacial score (nSPS) is 13.5. The van der Waals surface area contributed by atoms with E-state index in [1.54, 1.807) is 7.11 Å². The highest BCUT2D eigenvalue weighted by Crippen LogP contribution is 2.28. The van der Waals surface area contributed by atoms with Gasteiger partial charge in [0.25, 0.3) is 0 Å². The van der Waals surface area contributed by atoms with E-state index in [2.05, 4.69) is 81.8 Å². The van der Waals surface area contributed by atoms with E-state index in [0.717, 1.165) is 35.5 Å². The highest BCUT2D eigenvalue weighted by atomic mass is 32.1. The van der Waals surface area contributed by atoms with Crippen molar-refractivity contribution in [2.75, 3.05) is 31.7 Å². The van der Waals surface area contributed by atoms with Crippen LogP contribution in [0.15, 0.2) is 12.1 Å². The quantitative estimate of drug-likeness (QED) is 0.484. The smallest absolute Gasteiger partial charge is 0.187 e. The zero-order valence-corrected chi connectivity index (χ0v) is 21.1. The third-order valence-corrected chi connectivity index (χ3v) is 6.62. The maximum Gasteiger partial charge on any atom is 0.187 e. The molecule has 0 bridgehead atoms. The fourth-order valence-electron chi connectivity index (χ4n) is 3.84. The Hall–Kier alpha value is -1.99. The Labute approximate surface area is 190 Å². The summed E-state index contributed by atoms with van der Waals surface area (Å²) in [7, 11) is 1.71. The zero-order chi connectivity index (χ0) is 22.8. The van der Waals surface area contributed by atoms with Crippen LogP contribution in [0.25, 0.3) is 11.7 Å². The minimum Gasteiger partial charge on any atom is -0.384 e. The molecule has 0 N–H and O–H groups in total. The molecule has 0 aliphatic heterocycles. The molecule has 3 aromatic heterocycles. The van der Waals surface area contributed by atoms with E-state index >= 15 is 0 Å². The highest BCUT2D eigenvalue weighted by Gasteiger charge is 2.30. The Kier molecular flexibility index (Phi) is 7.06. The van der Waals surface area contributed by atoms with Crippen molar-refractivity contribution in [3.63, 3.8) is 0 Å². The minimum absolute atomic E-state index is 0.105. The maximum atomic E-state index is 5.42. The van der Waals surface area contributed by atoms with E-state index in [-0.39, 0.29) is 10.8 Å². The van der Waals surface area contributed by atoms with Crippen LogP contribution in [0.3, 0.4) is 0 Å². The maximum absolute atomic E-state index is 5.42. The largest absolute Gasteiger partial charge is 0.384 e. The van der Waals surface area contributed by atoms with Crippen molar-refractivity contribution >= 4 is 28.1 Å². The number of unbranched alkanes of at least 4 members (excludes halogenated alkanes) is 1. The molecule has 3 aromatic rings. The SMILES string of the molecule is CCCCN(CC)c1ccc(/C=c2/c(C(C)(C)C)nn3c(C(C)(C)COC)nnc23)s1. The molecule has 7 heteroatoms. The van der Waals surface area contributed by atoms with Crippen molar-refractivity contribution in [3.8, 4) is 0 Å². The number of hydrogen-bond acceptors (Lipinski definition) is 6. The topological polar surface area (TPSA) is 55.6 Å². The summed E-state index contributed by atoms with van der Waals surface area (Å²) in [6, 6.07) is 4.44. The van der Waals surface area contributed by atoms with Gasteiger partial charge in [-0.3, -0.25) is 0 Å². The lowest BCUT2D eigenvalue weighted by molar-refractivity contribution is 0.141. The summed E-state index contributed by atoms with van der Waals surface area (Å²) in [6.07, 6.45) is 4.65. The average Bonchev–Trinajstić information content (AvgIpc) is 3.38. The van der Waals surface area contributed by atoms with E-state index in [4.69, 9.17) is 9.84 Å². The first kappa shape index (κ1) is 23.7. The molecule has 0 saturated heterocycles. The molecular formula is C24H37N5OS. The second-order valence-corrected chi connectivity index (χ2v) is 10.9. The van der Waals surface area contributed by atoms with Gasteiger partial charge >= 0.3 is 0 Å². The number of methoxy groups -OCH3 is 1. The second-order valence-electron chi connectivity index (χ2n) is 9.84. The number of fused-ring (bicyclic) bond motifs is 1. The standard InChI is InChI=1S/C24H37N5OS/c1-9-11-14-28(10-2)19-13-12-17(31-19)15-18-20(23(3,4)5)27-29-21(18)25-26-22(29)24(6,7)16-30-8/h12-13,15H,9-11,14,16H2,1-8H3/b18-15-. The molecule has 0 aliphatic rings. The van der Waals surface area contributed by atoms with Gasteiger partial charge < -0.3 is 9.64 Å². The van der Waals surface area contributed by atoms with E-state index in [1.165, 1.54) is 22.7 Å². The van der Waals surface area contributed by atoms with Crippen LogP contribution in [0.1, 0.15) is 77.7 Å². The predicted octanol–water partition coefficient (Wildman–Crippen LogP) is 4.58. The van der Waals surface area contributed by atoms with E-state index in [1.807, 2.05) is 15.9 Å². The van der Waals surface area contributed by atoms with Gasteiger partial charge in [-0.05, 0) is 31.6 Å². The van der Waals surface area contributed by atoms with Gasteiger partial charge in [0.2, 0.25) is 0 Å². The molecule has 0 unspecified atom stereocenters. The van der Waals surface area contributed by atoms with E-state index < -0.39 is 0 Å². The van der Waals surface area contributed by atoms with Gasteiger partial charge in [0, 0.05) is 35.7 Å². The summed E-state index contributed by atoms with van der Waals surface area (Å²) in [5.41, 5.74) is 1.47. The molecule has 0 saturated carbocycles. The molecule has 0 atom stereocenters. The van der Waals surface area contributed by atoms with Gasteiger partial charge in [0.05, 0.1) is 22.7 Å². The van der Waals surface area contributed by atoms with Crippen molar-refractivity contribution in [1.82, 2.24) is 19.8 Å². The Balaban J connectivity index is 2.11. The van der Waals surface area contributed by atoms with Crippen LogP contribution >= 0.6 is 11.3 Å². The Bertz CT molecular complexity index is 1060. The van der Waals surface area contributed by atoms with Gasteiger partial charge in [-0.2, -0.15) is 9.61 Å². The predicted molar refractivity (Wildman–Crippen MR) is 130 cm³/mol. The molecule has 170 valence electrons. The van der Waals surface area contributed by atoms with Crippen LogP contribution in [-0.4, -0.2) is 46.6 Å². The summed E-state index contributed by atoms with van der Waals surface area (Å²) in [6.45, 7) is 18.0. The molecule has 31 heavy (non-hydrogen) atoms. The van der Waals surface area contributed by atoms with Crippen molar-refractivity contribution in [1.29, 1.82) is 0 Å². The van der Waals surface area contributed by atoms with Crippen LogP contribution in [0.2, 0.25) is 0 Å². The van der Waals surface area contributed by atoms with Gasteiger partial charge in [0.15, 0.2) is 11.5 Å². The summed E-state index contributed by atoms with van der Waals surface area (Å²) in [4.78, 5) is 3.67. The Morgan fingerprint density at radius 2 is 1.87 bits per heavy atom. The summed E-state index contributed by atoms with van der Waals surface area (Å²) in [5, 5.41) is 16.4. The molecule has 0 aliphatic carbocycles. The number of ether oxygens (including phenoxy) is 1. The van der Waals surface area contributed by atoms with Crippen LogP contribution in [-0.2, 0) is 15.6 Å². The lowest BCUT2D eigenvalue weighted by atomic mass is 9.91. The molecule has 0 fully saturated rings. The average molecular weight is 444 g/mol. The molecule has 3 rings (SSSR count). The van der Waals surface area contributed by atoms with Crippen molar-refractivity contribution < 1.29 is 4.74 Å². The molecule has 0 amide bonds. The second kappa shape index (κ2) is 9.25. The highest BCUT2D eigenvalue weighted by molar-refractivity contribution is 7.16. The van der Waals surface area contributed by atoms with Crippen LogP contribution < -0.4 is 10.1 Å². The third kappa shape index (κ3) is 4.93. The van der Waals surface area contributed by atoms with Crippen LogP contribution in [0, 0.1) is 0 Å². The van der Waals surface area contributed by atoms with Crippen LogP contribution in [0.5, 0.6) is 0 Å². The number of hydrogen-bond donors (Lipinski definition) is 0. The summed E-state index contributed by atoms with van der Waals surface area (Å²) in [5.74, 6) is 0.832. The number of aromatic nitrogens is 4. The van der Waals surface area contributed by atoms with Crippen molar-refractivity contribution in [2.45, 2.75) is 72.1 Å². The number of rotatable bonds is 9. The molecule has 0 aromatic carbocycles. The number of anilines is 1. The van der Waals surface area contributed by atoms with Crippen LogP contribution in [0.4, 0.5) is 5.00 Å². The first-order chi connectivity index (χ1) is 14.6. The van der Waals surface area contributed by atoms with Crippen molar-refractivity contribution in [3.05, 3.63) is 33.7 Å². The molecule has 3 heterocycles. The van der Waals surface area contributed by atoms with E-state index in [0.29, 0.717) is 6.61 Å². The first-order valence-corrected chi connectivity index (χ1v) is 12.1. The third-order valence-electron chi connectivity index (χ3n) is 5.53. The molecule has 0 radical (unpaired) electrons. The van der Waals surface area contributed by atoms with Gasteiger partial charge in [-0.25, -0.2) is 0 Å². The summed E-state index contributed by atoms with van der Waals surface area (Å²) >= 11 is 1.83. The van der Waals surface area contributed by atoms with Gasteiger partial charge in [0.1, 0.15) is 0 Å². The zero-order valence-electron chi connectivity index (χ0n) is 20.3. The number of thiophene rings is 1. The monoisotopic (exact) mass is 443 g/mol. The molecular weight excluding hydrogens is 406 g/mol. The molecule has 6 nitrogen and oxygen atoms in total. The van der Waals surface area contributed by atoms with Gasteiger partial charge in [-0.15, -0.1) is 21.5 Å². The number of nitrogens with zero attached hydrogens (tertiary/aromatic N) is 5. The van der Waals surface area contributed by atoms with E-state index in [9.17, 15) is 0 Å². The Morgan fingerprint density at radius 3 is 2.48 bits per heavy atom. The summed E-state index contributed by atoms with van der Waals surface area (Å²) < 4.78 is 7.34.